The van der Waals surface area contributed by atoms with E-state index in [2.05, 4.69) is 62.7 Å². The molecule has 3 rings (SSSR count). The van der Waals surface area contributed by atoms with E-state index in [9.17, 15) is 9.59 Å². The second-order valence-electron chi connectivity index (χ2n) is 18.4. The quantitative estimate of drug-likeness (QED) is 0.00757. The third-order valence-corrected chi connectivity index (χ3v) is 12.0. The number of ether oxygens (including phenoxy) is 5. The van der Waals surface area contributed by atoms with Gasteiger partial charge in [0.25, 0.3) is 0 Å². The Kier molecular flexibility index (Phi) is 38.9. The van der Waals surface area contributed by atoms with Gasteiger partial charge in [-0.05, 0) is 177 Å². The number of carbonyl (C=O) groups excluding carboxylic acids is 2. The SMILES string of the molecule is C=C=C(C)OOCCCCOc1c(CCCCOOOC(C)=C=C)ccc(/C=C/C(=O)Oc2ccc(OC(=O)/C=C/c3ccc(CCCCOOC=C)c(CCCCOOC=C)c3CCCCOOOC(C)=C=C)cc2)c1OCCCCOC=C. The van der Waals surface area contributed by atoms with Gasteiger partial charge in [0.05, 0.1) is 59.1 Å². The van der Waals surface area contributed by atoms with Crippen LogP contribution in [0.15, 0.2) is 153 Å². The third-order valence-electron chi connectivity index (χ3n) is 12.0. The first-order chi connectivity index (χ1) is 41.6. The topological polar surface area (TPSA) is 191 Å². The Morgan fingerprint density at radius 2 is 0.847 bits per heavy atom. The van der Waals surface area contributed by atoms with Crippen molar-refractivity contribution < 1.29 is 92.2 Å². The molecule has 19 heteroatoms. The molecule has 0 N–H and O–H groups in total. The van der Waals surface area contributed by atoms with Gasteiger partial charge < -0.3 is 48.1 Å². The first-order valence-corrected chi connectivity index (χ1v) is 28.3. The maximum Gasteiger partial charge on any atom is 0.336 e. The molecule has 462 valence electrons. The molecule has 0 aromatic heterocycles. The molecule has 0 radical (unpaired) electrons. The van der Waals surface area contributed by atoms with Crippen LogP contribution in [0, 0.1) is 0 Å². The molecular formula is C66H84O19. The van der Waals surface area contributed by atoms with Crippen LogP contribution >= 0.6 is 0 Å². The first kappa shape index (κ1) is 71.2. The summed E-state index contributed by atoms with van der Waals surface area (Å²) in [5.41, 5.74) is 13.6. The highest BCUT2D eigenvalue weighted by molar-refractivity contribution is 5.90. The number of benzene rings is 3. The lowest BCUT2D eigenvalue weighted by molar-refractivity contribution is -0.495. The number of hydrogen-bond donors (Lipinski definition) is 0. The van der Waals surface area contributed by atoms with E-state index in [0.717, 1.165) is 68.1 Å². The van der Waals surface area contributed by atoms with Crippen molar-refractivity contribution in [3.8, 4) is 23.0 Å². The van der Waals surface area contributed by atoms with Gasteiger partial charge in [0.15, 0.2) is 28.8 Å². The molecule has 0 saturated carbocycles. The van der Waals surface area contributed by atoms with Gasteiger partial charge in [0, 0.05) is 38.5 Å². The number of rotatable bonds is 51. The fourth-order valence-electron chi connectivity index (χ4n) is 7.69. The Morgan fingerprint density at radius 1 is 0.424 bits per heavy atom. The molecule has 0 aliphatic carbocycles. The van der Waals surface area contributed by atoms with Gasteiger partial charge in [-0.1, -0.05) is 80.9 Å². The largest absolute Gasteiger partial charge is 0.502 e. The predicted octanol–water partition coefficient (Wildman–Crippen LogP) is 14.7. The van der Waals surface area contributed by atoms with E-state index in [4.69, 9.17) is 82.6 Å². The Labute approximate surface area is 500 Å². The van der Waals surface area contributed by atoms with E-state index in [1.165, 1.54) is 54.2 Å². The second kappa shape index (κ2) is 46.4. The van der Waals surface area contributed by atoms with Gasteiger partial charge in [-0.15, -0.1) is 0 Å². The summed E-state index contributed by atoms with van der Waals surface area (Å²) >= 11 is 0. The zero-order chi connectivity index (χ0) is 61.4. The van der Waals surface area contributed by atoms with Crippen molar-refractivity contribution in [1.82, 2.24) is 0 Å². The van der Waals surface area contributed by atoms with E-state index in [1.54, 1.807) is 45.1 Å². The van der Waals surface area contributed by atoms with Crippen molar-refractivity contribution in [3.63, 3.8) is 0 Å². The van der Waals surface area contributed by atoms with Crippen molar-refractivity contribution in [1.29, 1.82) is 0 Å². The van der Waals surface area contributed by atoms with Gasteiger partial charge in [-0.25, -0.2) is 9.59 Å². The summed E-state index contributed by atoms with van der Waals surface area (Å²) < 4.78 is 29.6. The summed E-state index contributed by atoms with van der Waals surface area (Å²) in [5, 5.41) is 9.57. The smallest absolute Gasteiger partial charge is 0.336 e. The second-order valence-corrected chi connectivity index (χ2v) is 18.4. The van der Waals surface area contributed by atoms with Crippen LogP contribution in [-0.4, -0.2) is 64.8 Å². The number of unbranched alkanes of at least 4 members (excludes halogenated alkanes) is 6. The monoisotopic (exact) mass is 1180 g/mol. The predicted molar refractivity (Wildman–Crippen MR) is 319 cm³/mol. The lowest BCUT2D eigenvalue weighted by Gasteiger charge is -2.19. The highest BCUT2D eigenvalue weighted by Crippen LogP contribution is 2.38. The minimum absolute atomic E-state index is 0.226. The number of allylic oxidation sites excluding steroid dienone is 3. The maximum absolute atomic E-state index is 13.4. The Hall–Kier alpha value is -8.02. The minimum Gasteiger partial charge on any atom is -0.502 e. The van der Waals surface area contributed by atoms with Crippen molar-refractivity contribution >= 4 is 24.1 Å². The third kappa shape index (κ3) is 32.0. The highest BCUT2D eigenvalue weighted by atomic mass is 17.5. The molecule has 3 aromatic carbocycles. The average molecular weight is 1180 g/mol. The fourth-order valence-corrected chi connectivity index (χ4v) is 7.69. The molecular weight excluding hydrogens is 1100 g/mol. The summed E-state index contributed by atoms with van der Waals surface area (Å²) in [6.07, 6.45) is 21.4. The van der Waals surface area contributed by atoms with E-state index >= 15 is 0 Å². The number of esters is 2. The molecule has 0 bridgehead atoms. The standard InChI is InChI=1S/C66H84O19/c1-10-52(7)81-76-49-27-26-46-70-65-57(29-17-21-50-77-84-82-53(8)11-2)34-35-58(66(65)71-45-25-24-44-69-13-4)37-43-64(68)80-60-40-38-59(39-41-60)79-63(67)42-36-56-33-32-55(28-16-20-47-74-72-14-5)61(30-18-22-48-75-73-15-6)62(56)31-19-23-51-78-85-83-54(9)12-3/h13-15,32-43H,1-6,16-31,44-51H2,7-9H3/b42-36+,43-37+. The van der Waals surface area contributed by atoms with Gasteiger partial charge in [-0.2, -0.15) is 24.4 Å². The highest BCUT2D eigenvalue weighted by Gasteiger charge is 2.18. The van der Waals surface area contributed by atoms with Crippen LogP contribution in [0.4, 0.5) is 0 Å². The van der Waals surface area contributed by atoms with Crippen molar-refractivity contribution in [3.05, 3.63) is 187 Å². The molecule has 3 aromatic rings. The van der Waals surface area contributed by atoms with Gasteiger partial charge >= 0.3 is 11.9 Å². The Morgan fingerprint density at radius 3 is 1.39 bits per heavy atom. The summed E-state index contributed by atoms with van der Waals surface area (Å²) in [7, 11) is 0. The normalized spacial score (nSPS) is 10.7. The average Bonchev–Trinajstić information content (AvgIpc) is 3.20. The molecule has 0 atom stereocenters. The van der Waals surface area contributed by atoms with E-state index < -0.39 is 11.9 Å². The van der Waals surface area contributed by atoms with Crippen LogP contribution in [0.3, 0.4) is 0 Å². The number of carbonyl (C=O) groups is 2. The molecule has 0 fully saturated rings. The fraction of sp³-hybridized carbons (Fsp3) is 0.409. The van der Waals surface area contributed by atoms with Crippen LogP contribution in [-0.2, 0) is 99.0 Å². The van der Waals surface area contributed by atoms with Gasteiger partial charge in [0.1, 0.15) is 24.0 Å². The molecule has 0 unspecified atom stereocenters. The van der Waals surface area contributed by atoms with Crippen LogP contribution in [0.2, 0.25) is 0 Å². The Bertz CT molecular complexity index is 2670. The molecule has 0 spiro atoms. The summed E-state index contributed by atoms with van der Waals surface area (Å²) in [6, 6.07) is 14.1. The van der Waals surface area contributed by atoms with Gasteiger partial charge in [-0.3, -0.25) is 0 Å². The minimum atomic E-state index is -0.658. The molecule has 0 amide bonds. The number of hydrogen-bond acceptors (Lipinski definition) is 19. The van der Waals surface area contributed by atoms with Crippen LogP contribution in [0.5, 0.6) is 23.0 Å². The van der Waals surface area contributed by atoms with E-state index in [1.807, 2.05) is 18.2 Å². The van der Waals surface area contributed by atoms with Gasteiger partial charge in [0.2, 0.25) is 0 Å². The zero-order valence-electron chi connectivity index (χ0n) is 49.6. The van der Waals surface area contributed by atoms with Crippen molar-refractivity contribution in [2.75, 3.05) is 52.9 Å². The Balaban J connectivity index is 1.81. The lowest BCUT2D eigenvalue weighted by Crippen LogP contribution is -2.08. The zero-order valence-corrected chi connectivity index (χ0v) is 49.6. The van der Waals surface area contributed by atoms with E-state index in [-0.39, 0.29) is 24.7 Å². The molecule has 85 heavy (non-hydrogen) atoms. The van der Waals surface area contributed by atoms with E-state index in [0.29, 0.717) is 125 Å². The van der Waals surface area contributed by atoms with Crippen LogP contribution in [0.25, 0.3) is 12.2 Å². The number of aryl methyl sites for hydroxylation is 2. The molecule has 0 heterocycles. The van der Waals surface area contributed by atoms with Crippen molar-refractivity contribution in [2.24, 2.45) is 0 Å². The molecule has 0 aliphatic heterocycles. The van der Waals surface area contributed by atoms with Crippen LogP contribution in [0.1, 0.15) is 131 Å². The molecule has 0 aliphatic rings. The summed E-state index contributed by atoms with van der Waals surface area (Å²) in [5.74, 6) is 1.34. The first-order valence-electron chi connectivity index (χ1n) is 28.3. The molecule has 0 saturated heterocycles. The van der Waals surface area contributed by atoms with Crippen molar-refractivity contribution in [2.45, 2.75) is 124 Å². The lowest BCUT2D eigenvalue weighted by atomic mass is 9.87. The summed E-state index contributed by atoms with van der Waals surface area (Å²) in [6.45, 7) is 29.0. The van der Waals surface area contributed by atoms with Crippen LogP contribution < -0.4 is 18.9 Å². The maximum atomic E-state index is 13.4. The summed E-state index contributed by atoms with van der Waals surface area (Å²) in [4.78, 5) is 77.4. The molecule has 19 nitrogen and oxygen atoms in total.